The standard InChI is InChI=1S/C25H26Cl3FN2O4S2/c1-17(23-12-9-21(29)15-18(23)5-3-4-14-36(32,33)30-2)31(25-16-20(27)8-13-24(25)28)37(34,35)22-10-6-19(26)7-11-22/h6-13,15-17,30H,3-5,14H2,1-2H3/t17-/m1/s1. The van der Waals surface area contributed by atoms with Crippen LogP contribution in [-0.2, 0) is 26.5 Å². The number of anilines is 1. The van der Waals surface area contributed by atoms with Gasteiger partial charge in [-0.25, -0.2) is 25.9 Å². The van der Waals surface area contributed by atoms with E-state index >= 15 is 0 Å². The number of nitrogens with zero attached hydrogens (tertiary/aromatic N) is 1. The second kappa shape index (κ2) is 12.3. The molecule has 0 aromatic heterocycles. The lowest BCUT2D eigenvalue weighted by Gasteiger charge is -2.33. The van der Waals surface area contributed by atoms with Gasteiger partial charge in [-0.3, -0.25) is 4.31 Å². The van der Waals surface area contributed by atoms with Crippen molar-refractivity contribution >= 4 is 60.5 Å². The molecule has 200 valence electrons. The maximum absolute atomic E-state index is 14.3. The Bertz CT molecular complexity index is 1470. The van der Waals surface area contributed by atoms with Crippen molar-refractivity contribution in [3.05, 3.63) is 92.7 Å². The van der Waals surface area contributed by atoms with Crippen LogP contribution in [0.1, 0.15) is 36.9 Å². The van der Waals surface area contributed by atoms with Crippen molar-refractivity contribution in [3.63, 3.8) is 0 Å². The molecule has 12 heteroatoms. The molecule has 0 fully saturated rings. The highest BCUT2D eigenvalue weighted by atomic mass is 35.5. The van der Waals surface area contributed by atoms with Crippen LogP contribution in [0.25, 0.3) is 0 Å². The molecular formula is C25H26Cl3FN2O4S2. The van der Waals surface area contributed by atoms with Crippen LogP contribution in [-0.4, -0.2) is 29.6 Å². The molecule has 3 aromatic rings. The van der Waals surface area contributed by atoms with Crippen molar-refractivity contribution in [2.75, 3.05) is 17.1 Å². The summed E-state index contributed by atoms with van der Waals surface area (Å²) in [5, 5.41) is 0.822. The van der Waals surface area contributed by atoms with E-state index in [-0.39, 0.29) is 26.4 Å². The van der Waals surface area contributed by atoms with E-state index in [1.54, 1.807) is 13.0 Å². The minimum Gasteiger partial charge on any atom is -0.258 e. The fourth-order valence-corrected chi connectivity index (χ4v) is 6.94. The summed E-state index contributed by atoms with van der Waals surface area (Å²) in [5.41, 5.74) is 1.27. The predicted molar refractivity (Wildman–Crippen MR) is 148 cm³/mol. The summed E-state index contributed by atoms with van der Waals surface area (Å²) in [4.78, 5) is -0.0132. The van der Waals surface area contributed by atoms with E-state index in [2.05, 4.69) is 4.72 Å². The van der Waals surface area contributed by atoms with Gasteiger partial charge in [0.05, 0.1) is 27.4 Å². The predicted octanol–water partition coefficient (Wildman–Crippen LogP) is 6.61. The third-order valence-electron chi connectivity index (χ3n) is 5.84. The minimum absolute atomic E-state index is 0.0132. The van der Waals surface area contributed by atoms with E-state index in [0.29, 0.717) is 35.4 Å². The lowest BCUT2D eigenvalue weighted by atomic mass is 9.97. The molecule has 0 aliphatic rings. The fourth-order valence-electron chi connectivity index (χ4n) is 3.96. The highest BCUT2D eigenvalue weighted by molar-refractivity contribution is 7.92. The van der Waals surface area contributed by atoms with Gasteiger partial charge in [-0.05, 0) is 99.0 Å². The number of halogens is 4. The normalized spacial score (nSPS) is 12.9. The number of hydrogen-bond acceptors (Lipinski definition) is 4. The summed E-state index contributed by atoms with van der Waals surface area (Å²) < 4.78 is 69.0. The molecular weight excluding hydrogens is 582 g/mol. The minimum atomic E-state index is -4.18. The second-order valence-electron chi connectivity index (χ2n) is 8.35. The molecule has 0 amide bonds. The summed E-state index contributed by atoms with van der Waals surface area (Å²) in [6, 6.07) is 13.5. The Morgan fingerprint density at radius 1 is 0.892 bits per heavy atom. The lowest BCUT2D eigenvalue weighted by Crippen LogP contribution is -2.34. The van der Waals surface area contributed by atoms with Gasteiger partial charge >= 0.3 is 0 Å². The lowest BCUT2D eigenvalue weighted by molar-refractivity contribution is 0.578. The van der Waals surface area contributed by atoms with E-state index in [1.807, 2.05) is 0 Å². The largest absolute Gasteiger partial charge is 0.264 e. The van der Waals surface area contributed by atoms with E-state index in [4.69, 9.17) is 34.8 Å². The van der Waals surface area contributed by atoms with Gasteiger partial charge in [0.25, 0.3) is 10.0 Å². The van der Waals surface area contributed by atoms with Gasteiger partial charge in [0.1, 0.15) is 5.82 Å². The molecule has 6 nitrogen and oxygen atoms in total. The number of sulfonamides is 2. The molecule has 0 aliphatic carbocycles. The Kier molecular flexibility index (Phi) is 9.88. The van der Waals surface area contributed by atoms with Gasteiger partial charge in [-0.1, -0.05) is 40.9 Å². The van der Waals surface area contributed by atoms with Gasteiger partial charge < -0.3 is 0 Å². The molecule has 1 atom stereocenters. The first-order valence-corrected chi connectivity index (χ1v) is 15.5. The Morgan fingerprint density at radius 3 is 2.19 bits per heavy atom. The molecule has 1 N–H and O–H groups in total. The van der Waals surface area contributed by atoms with Crippen molar-refractivity contribution in [3.8, 4) is 0 Å². The number of benzene rings is 3. The zero-order chi connectivity index (χ0) is 27.4. The van der Waals surface area contributed by atoms with Crippen LogP contribution < -0.4 is 9.03 Å². The summed E-state index contributed by atoms with van der Waals surface area (Å²) >= 11 is 18.6. The number of hydrogen-bond donors (Lipinski definition) is 1. The number of unbranched alkanes of at least 4 members (excludes halogenated alkanes) is 1. The molecule has 0 saturated carbocycles. The number of nitrogens with one attached hydrogen (secondary N) is 1. The molecule has 0 unspecified atom stereocenters. The molecule has 0 heterocycles. The maximum Gasteiger partial charge on any atom is 0.264 e. The second-order valence-corrected chi connectivity index (χ2v) is 13.5. The Morgan fingerprint density at radius 2 is 1.54 bits per heavy atom. The Labute approximate surface area is 232 Å². The van der Waals surface area contributed by atoms with E-state index in [1.165, 1.54) is 61.6 Å². The Hall–Kier alpha value is -1.88. The maximum atomic E-state index is 14.3. The summed E-state index contributed by atoms with van der Waals surface area (Å²) in [5.74, 6) is -0.555. The monoisotopic (exact) mass is 606 g/mol. The van der Waals surface area contributed by atoms with Crippen molar-refractivity contribution < 1.29 is 21.2 Å². The highest BCUT2D eigenvalue weighted by Crippen LogP contribution is 2.40. The fraction of sp³-hybridized carbons (Fsp3) is 0.280. The van der Waals surface area contributed by atoms with Crippen LogP contribution in [0.3, 0.4) is 0 Å². The van der Waals surface area contributed by atoms with Crippen LogP contribution in [0.4, 0.5) is 10.1 Å². The van der Waals surface area contributed by atoms with Crippen LogP contribution in [0.15, 0.2) is 65.6 Å². The summed E-state index contributed by atoms with van der Waals surface area (Å²) in [6.45, 7) is 1.67. The highest BCUT2D eigenvalue weighted by Gasteiger charge is 2.33. The van der Waals surface area contributed by atoms with Crippen LogP contribution >= 0.6 is 34.8 Å². The van der Waals surface area contributed by atoms with Gasteiger partial charge in [0.15, 0.2) is 0 Å². The van der Waals surface area contributed by atoms with Crippen molar-refractivity contribution in [2.45, 2.75) is 37.1 Å². The molecule has 0 saturated heterocycles. The Balaban J connectivity index is 2.07. The zero-order valence-electron chi connectivity index (χ0n) is 20.1. The van der Waals surface area contributed by atoms with Crippen LogP contribution in [0, 0.1) is 5.82 Å². The van der Waals surface area contributed by atoms with Gasteiger partial charge in [0.2, 0.25) is 10.0 Å². The van der Waals surface area contributed by atoms with Gasteiger partial charge in [-0.15, -0.1) is 0 Å². The molecule has 3 aromatic carbocycles. The van der Waals surface area contributed by atoms with Crippen LogP contribution in [0.2, 0.25) is 15.1 Å². The van der Waals surface area contributed by atoms with Crippen molar-refractivity contribution in [1.82, 2.24) is 4.72 Å². The quantitative estimate of drug-likeness (QED) is 0.249. The number of rotatable bonds is 11. The van der Waals surface area contributed by atoms with Gasteiger partial charge in [-0.2, -0.15) is 0 Å². The molecule has 0 spiro atoms. The first kappa shape index (κ1) is 29.7. The van der Waals surface area contributed by atoms with Crippen molar-refractivity contribution in [1.29, 1.82) is 0 Å². The molecule has 0 bridgehead atoms. The molecule has 0 aliphatic heterocycles. The average molecular weight is 608 g/mol. The number of aryl methyl sites for hydroxylation is 1. The smallest absolute Gasteiger partial charge is 0.258 e. The van der Waals surface area contributed by atoms with E-state index in [0.717, 1.165) is 4.31 Å². The van der Waals surface area contributed by atoms with Crippen molar-refractivity contribution in [2.24, 2.45) is 0 Å². The molecule has 37 heavy (non-hydrogen) atoms. The first-order chi connectivity index (χ1) is 17.4. The van der Waals surface area contributed by atoms with Gasteiger partial charge in [0, 0.05) is 10.0 Å². The summed E-state index contributed by atoms with van der Waals surface area (Å²) in [7, 11) is -6.20. The first-order valence-electron chi connectivity index (χ1n) is 11.3. The third-order valence-corrected chi connectivity index (χ3v) is 10.00. The molecule has 0 radical (unpaired) electrons. The average Bonchev–Trinajstić information content (AvgIpc) is 2.84. The van der Waals surface area contributed by atoms with E-state index < -0.39 is 31.9 Å². The third kappa shape index (κ3) is 7.37. The van der Waals surface area contributed by atoms with Crippen LogP contribution in [0.5, 0.6) is 0 Å². The SMILES string of the molecule is CNS(=O)(=O)CCCCc1cc(F)ccc1[C@@H](C)N(c1cc(Cl)ccc1Cl)S(=O)(=O)c1ccc(Cl)cc1. The van der Waals surface area contributed by atoms with E-state index in [9.17, 15) is 21.2 Å². The topological polar surface area (TPSA) is 83.6 Å². The summed E-state index contributed by atoms with van der Waals surface area (Å²) in [6.07, 6.45) is 1.14. The zero-order valence-corrected chi connectivity index (χ0v) is 24.0. The molecule has 3 rings (SSSR count).